The second kappa shape index (κ2) is 9.66. The molecule has 2 rings (SSSR count). The molecule has 0 aliphatic carbocycles. The van der Waals surface area contributed by atoms with Crippen LogP contribution < -0.4 is 10.6 Å². The maximum absolute atomic E-state index is 12.2. The number of carbonyl (C=O) groups excluding carboxylic acids is 2. The van der Waals surface area contributed by atoms with Gasteiger partial charge in [-0.05, 0) is 36.6 Å². The first-order chi connectivity index (χ1) is 12.7. The first kappa shape index (κ1) is 21.1. The van der Waals surface area contributed by atoms with Gasteiger partial charge in [-0.1, -0.05) is 46.3 Å². The van der Waals surface area contributed by atoms with Crippen molar-refractivity contribution in [3.05, 3.63) is 58.6 Å². The number of aryl methyl sites for hydroxylation is 1. The average Bonchev–Trinajstić information content (AvgIpc) is 2.57. The average molecular weight is 453 g/mol. The molecule has 27 heavy (non-hydrogen) atoms. The van der Waals surface area contributed by atoms with Crippen LogP contribution in [0, 0.1) is 0 Å². The van der Waals surface area contributed by atoms with Gasteiger partial charge in [-0.2, -0.15) is 0 Å². The summed E-state index contributed by atoms with van der Waals surface area (Å²) >= 11 is 3.29. The number of hydrogen-bond donors (Lipinski definition) is 2. The molecule has 144 valence electrons. The summed E-state index contributed by atoms with van der Waals surface area (Å²) in [6, 6.07) is 14.5. The molecule has 6 nitrogen and oxygen atoms in total. The lowest BCUT2D eigenvalue weighted by atomic mass is 10.1. The summed E-state index contributed by atoms with van der Waals surface area (Å²) in [7, 11) is -3.53. The Kier molecular flexibility index (Phi) is 7.55. The minimum atomic E-state index is -3.53. The third-order valence-corrected chi connectivity index (χ3v) is 5.79. The lowest BCUT2D eigenvalue weighted by Gasteiger charge is -2.12. The maximum atomic E-state index is 12.2. The fourth-order valence-electron chi connectivity index (χ4n) is 2.52. The summed E-state index contributed by atoms with van der Waals surface area (Å²) in [4.78, 5) is 23.5. The van der Waals surface area contributed by atoms with Crippen LogP contribution in [0.1, 0.15) is 18.9 Å². The van der Waals surface area contributed by atoms with Gasteiger partial charge in [-0.15, -0.1) is 0 Å². The van der Waals surface area contributed by atoms with Gasteiger partial charge in [-0.3, -0.25) is 9.59 Å². The number of sulfone groups is 1. The van der Waals surface area contributed by atoms with E-state index in [-0.39, 0.29) is 11.7 Å². The Balaban J connectivity index is 1.94. The molecule has 0 spiro atoms. The highest BCUT2D eigenvalue weighted by molar-refractivity contribution is 9.10. The number of anilines is 2. The van der Waals surface area contributed by atoms with E-state index in [1.807, 2.05) is 30.3 Å². The van der Waals surface area contributed by atoms with Gasteiger partial charge >= 0.3 is 0 Å². The molecule has 0 aromatic heterocycles. The first-order valence-corrected chi connectivity index (χ1v) is 11.0. The fourth-order valence-corrected chi connectivity index (χ4v) is 4.08. The smallest absolute Gasteiger partial charge is 0.239 e. The van der Waals surface area contributed by atoms with Crippen LogP contribution >= 0.6 is 15.9 Å². The van der Waals surface area contributed by atoms with Crippen molar-refractivity contribution < 1.29 is 18.0 Å². The number of benzene rings is 2. The molecular weight excluding hydrogens is 432 g/mol. The molecule has 2 amide bonds. The van der Waals surface area contributed by atoms with Crippen molar-refractivity contribution in [1.29, 1.82) is 0 Å². The minimum Gasteiger partial charge on any atom is -0.325 e. The Hall–Kier alpha value is -2.19. The molecule has 0 saturated heterocycles. The Labute approximate surface area is 167 Å². The maximum Gasteiger partial charge on any atom is 0.239 e. The van der Waals surface area contributed by atoms with E-state index >= 15 is 0 Å². The van der Waals surface area contributed by atoms with Crippen molar-refractivity contribution in [1.82, 2.24) is 0 Å². The molecule has 2 N–H and O–H groups in total. The van der Waals surface area contributed by atoms with E-state index in [1.165, 1.54) is 6.92 Å². The number of carbonyl (C=O) groups is 2. The summed E-state index contributed by atoms with van der Waals surface area (Å²) in [5.41, 5.74) is 1.80. The van der Waals surface area contributed by atoms with Crippen LogP contribution in [0.2, 0.25) is 0 Å². The topological polar surface area (TPSA) is 92.3 Å². The minimum absolute atomic E-state index is 0.0631. The third-order valence-electron chi connectivity index (χ3n) is 3.68. The lowest BCUT2D eigenvalue weighted by molar-refractivity contribution is -0.115. The van der Waals surface area contributed by atoms with Gasteiger partial charge in [0.25, 0.3) is 0 Å². The van der Waals surface area contributed by atoms with Crippen molar-refractivity contribution in [2.45, 2.75) is 19.8 Å². The Morgan fingerprint density at radius 3 is 2.37 bits per heavy atom. The zero-order chi connectivity index (χ0) is 19.9. The standard InChI is InChI=1S/C19H21BrN2O4S/c1-14(23)21-17-10-9-16(20)12-18(17)22-19(24)13-27(25,26)11-5-8-15-6-3-2-4-7-15/h2-4,6-7,9-10,12H,5,8,11,13H2,1H3,(H,21,23)(H,22,24). The summed E-state index contributed by atoms with van der Waals surface area (Å²) < 4.78 is 25.1. The van der Waals surface area contributed by atoms with E-state index in [1.54, 1.807) is 18.2 Å². The zero-order valence-corrected chi connectivity index (χ0v) is 17.3. The molecule has 0 unspecified atom stereocenters. The van der Waals surface area contributed by atoms with Gasteiger partial charge < -0.3 is 10.6 Å². The number of halogens is 1. The van der Waals surface area contributed by atoms with Crippen LogP contribution in [0.3, 0.4) is 0 Å². The highest BCUT2D eigenvalue weighted by Gasteiger charge is 2.18. The van der Waals surface area contributed by atoms with Gasteiger partial charge in [0.1, 0.15) is 5.75 Å². The molecule has 8 heteroatoms. The number of nitrogens with one attached hydrogen (secondary N) is 2. The third kappa shape index (κ3) is 7.52. The Morgan fingerprint density at radius 2 is 1.70 bits per heavy atom. The second-order valence-corrected chi connectivity index (χ2v) is 9.20. The van der Waals surface area contributed by atoms with Crippen LogP contribution in [-0.2, 0) is 25.8 Å². The van der Waals surface area contributed by atoms with Crippen molar-refractivity contribution in [3.8, 4) is 0 Å². The molecule has 2 aromatic carbocycles. The van der Waals surface area contributed by atoms with E-state index in [2.05, 4.69) is 26.6 Å². The summed E-state index contributed by atoms with van der Waals surface area (Å²) in [5, 5.41) is 5.16. The van der Waals surface area contributed by atoms with Crippen LogP contribution in [-0.4, -0.2) is 31.7 Å². The van der Waals surface area contributed by atoms with Gasteiger partial charge in [-0.25, -0.2) is 8.42 Å². The molecule has 0 radical (unpaired) electrons. The van der Waals surface area contributed by atoms with Gasteiger partial charge in [0, 0.05) is 11.4 Å². The van der Waals surface area contributed by atoms with E-state index < -0.39 is 21.5 Å². The van der Waals surface area contributed by atoms with Crippen molar-refractivity contribution in [2.24, 2.45) is 0 Å². The molecule has 0 bridgehead atoms. The Morgan fingerprint density at radius 1 is 1.00 bits per heavy atom. The molecule has 0 fully saturated rings. The monoisotopic (exact) mass is 452 g/mol. The largest absolute Gasteiger partial charge is 0.325 e. The van der Waals surface area contributed by atoms with Crippen molar-refractivity contribution >= 4 is 49.0 Å². The first-order valence-electron chi connectivity index (χ1n) is 8.36. The number of hydrogen-bond acceptors (Lipinski definition) is 4. The van der Waals surface area contributed by atoms with E-state index in [9.17, 15) is 18.0 Å². The van der Waals surface area contributed by atoms with E-state index in [0.717, 1.165) is 5.56 Å². The van der Waals surface area contributed by atoms with Crippen molar-refractivity contribution in [2.75, 3.05) is 22.1 Å². The molecule has 0 aliphatic heterocycles. The van der Waals surface area contributed by atoms with E-state index in [4.69, 9.17) is 0 Å². The summed E-state index contributed by atoms with van der Waals surface area (Å²) in [5.74, 6) is -1.60. The Bertz CT molecular complexity index is 915. The quantitative estimate of drug-likeness (QED) is 0.641. The van der Waals surface area contributed by atoms with Crippen molar-refractivity contribution in [3.63, 3.8) is 0 Å². The van der Waals surface area contributed by atoms with Crippen LogP contribution in [0.4, 0.5) is 11.4 Å². The summed E-state index contributed by atoms with van der Waals surface area (Å²) in [6.07, 6.45) is 1.09. The predicted molar refractivity (Wildman–Crippen MR) is 110 cm³/mol. The molecule has 0 aliphatic rings. The zero-order valence-electron chi connectivity index (χ0n) is 14.9. The van der Waals surface area contributed by atoms with Gasteiger partial charge in [0.2, 0.25) is 11.8 Å². The highest BCUT2D eigenvalue weighted by atomic mass is 79.9. The van der Waals surface area contributed by atoms with Crippen LogP contribution in [0.25, 0.3) is 0 Å². The fraction of sp³-hybridized carbons (Fsp3) is 0.263. The van der Waals surface area contributed by atoms with Crippen LogP contribution in [0.5, 0.6) is 0 Å². The van der Waals surface area contributed by atoms with Gasteiger partial charge in [0.05, 0.1) is 17.1 Å². The number of rotatable bonds is 8. The van der Waals surface area contributed by atoms with Crippen LogP contribution in [0.15, 0.2) is 53.0 Å². The molecule has 2 aromatic rings. The molecule has 0 atom stereocenters. The molecule has 0 heterocycles. The summed E-state index contributed by atoms with van der Waals surface area (Å²) in [6.45, 7) is 1.35. The highest BCUT2D eigenvalue weighted by Crippen LogP contribution is 2.26. The SMILES string of the molecule is CC(=O)Nc1ccc(Br)cc1NC(=O)CS(=O)(=O)CCCc1ccccc1. The normalized spacial score (nSPS) is 11.0. The second-order valence-electron chi connectivity index (χ2n) is 6.10. The molecular formula is C19H21BrN2O4S. The number of amides is 2. The molecule has 0 saturated carbocycles. The van der Waals surface area contributed by atoms with Gasteiger partial charge in [0.15, 0.2) is 9.84 Å². The van der Waals surface area contributed by atoms with E-state index in [0.29, 0.717) is 28.7 Å². The lowest BCUT2D eigenvalue weighted by Crippen LogP contribution is -2.25. The predicted octanol–water partition coefficient (Wildman–Crippen LogP) is 3.39.